The number of pyridine rings is 1. The van der Waals surface area contributed by atoms with Crippen molar-refractivity contribution in [2.75, 3.05) is 31.8 Å². The van der Waals surface area contributed by atoms with Gasteiger partial charge < -0.3 is 14.5 Å². The summed E-state index contributed by atoms with van der Waals surface area (Å²) < 4.78 is 5.51. The Labute approximate surface area is 181 Å². The van der Waals surface area contributed by atoms with Crippen molar-refractivity contribution >= 4 is 34.0 Å². The van der Waals surface area contributed by atoms with E-state index < -0.39 is 0 Å². The van der Waals surface area contributed by atoms with E-state index in [1.807, 2.05) is 23.1 Å². The molecule has 0 saturated carbocycles. The third kappa shape index (κ3) is 3.42. The first kappa shape index (κ1) is 19.3. The van der Waals surface area contributed by atoms with Crippen LogP contribution in [0.1, 0.15) is 34.3 Å². The zero-order chi connectivity index (χ0) is 20.7. The molecule has 0 N–H and O–H groups in total. The molecule has 0 atom stereocenters. The van der Waals surface area contributed by atoms with Crippen molar-refractivity contribution in [3.8, 4) is 0 Å². The summed E-state index contributed by atoms with van der Waals surface area (Å²) in [7, 11) is 2.08. The van der Waals surface area contributed by atoms with Crippen LogP contribution in [0.3, 0.4) is 0 Å². The molecule has 2 aliphatic heterocycles. The predicted octanol–water partition coefficient (Wildman–Crippen LogP) is 4.51. The lowest BCUT2D eigenvalue weighted by molar-refractivity contribution is 0.0281. The molecule has 0 spiro atoms. The molecule has 154 valence electrons. The molecule has 2 aliphatic rings. The predicted molar refractivity (Wildman–Crippen MR) is 119 cm³/mol. The van der Waals surface area contributed by atoms with E-state index in [2.05, 4.69) is 41.2 Å². The maximum atomic E-state index is 13.6. The van der Waals surface area contributed by atoms with Gasteiger partial charge in [-0.2, -0.15) is 0 Å². The standard InChI is InChI=1S/C24H24ClN3O2/c1-27-15-28(18-8-10-30-11-9-18)24(29)21-13-17(12-16-6-7-22(25)26-14-16)19-4-2-3-5-20(19)23(21)27/h2-7,13-14,18H,8-12,15H2,1H3. The van der Waals surface area contributed by atoms with Gasteiger partial charge in [-0.1, -0.05) is 41.9 Å². The lowest BCUT2D eigenvalue weighted by atomic mass is 9.92. The van der Waals surface area contributed by atoms with E-state index in [1.165, 1.54) is 5.39 Å². The molecular formula is C24H24ClN3O2. The van der Waals surface area contributed by atoms with Gasteiger partial charge in [0.1, 0.15) is 5.15 Å². The van der Waals surface area contributed by atoms with Crippen LogP contribution in [0.15, 0.2) is 48.7 Å². The number of amides is 1. The van der Waals surface area contributed by atoms with E-state index >= 15 is 0 Å². The number of benzene rings is 2. The third-order valence-corrected chi connectivity index (χ3v) is 6.38. The maximum absolute atomic E-state index is 13.6. The number of ether oxygens (including phenoxy) is 1. The average Bonchev–Trinajstić information content (AvgIpc) is 2.78. The van der Waals surface area contributed by atoms with Crippen LogP contribution in [0.25, 0.3) is 10.8 Å². The number of carbonyl (C=O) groups is 1. The van der Waals surface area contributed by atoms with Gasteiger partial charge in [-0.25, -0.2) is 4.98 Å². The molecule has 3 heterocycles. The highest BCUT2D eigenvalue weighted by Gasteiger charge is 2.34. The van der Waals surface area contributed by atoms with Crippen LogP contribution in [-0.2, 0) is 11.2 Å². The van der Waals surface area contributed by atoms with E-state index in [0.29, 0.717) is 18.2 Å². The van der Waals surface area contributed by atoms with E-state index in [0.717, 1.165) is 53.8 Å². The first-order chi connectivity index (χ1) is 14.6. The largest absolute Gasteiger partial charge is 0.381 e. The van der Waals surface area contributed by atoms with Crippen molar-refractivity contribution in [3.05, 3.63) is 70.5 Å². The van der Waals surface area contributed by atoms with Gasteiger partial charge >= 0.3 is 0 Å². The summed E-state index contributed by atoms with van der Waals surface area (Å²) in [4.78, 5) is 22.0. The van der Waals surface area contributed by atoms with Crippen LogP contribution in [0.2, 0.25) is 5.15 Å². The van der Waals surface area contributed by atoms with Crippen LogP contribution < -0.4 is 4.90 Å². The van der Waals surface area contributed by atoms with Gasteiger partial charge in [-0.15, -0.1) is 0 Å². The van der Waals surface area contributed by atoms with Crippen LogP contribution in [-0.4, -0.2) is 48.8 Å². The van der Waals surface area contributed by atoms with Gasteiger partial charge in [-0.05, 0) is 47.9 Å². The van der Waals surface area contributed by atoms with Crippen LogP contribution in [0.4, 0.5) is 5.69 Å². The van der Waals surface area contributed by atoms with Crippen molar-refractivity contribution in [3.63, 3.8) is 0 Å². The number of fused-ring (bicyclic) bond motifs is 3. The minimum atomic E-state index is 0.122. The summed E-state index contributed by atoms with van der Waals surface area (Å²) in [6, 6.07) is 14.5. The normalized spacial score (nSPS) is 17.5. The Morgan fingerprint density at radius 3 is 2.63 bits per heavy atom. The maximum Gasteiger partial charge on any atom is 0.257 e. The number of rotatable bonds is 3. The zero-order valence-corrected chi connectivity index (χ0v) is 17.7. The molecule has 5 nitrogen and oxygen atoms in total. The smallest absolute Gasteiger partial charge is 0.257 e. The number of nitrogens with zero attached hydrogens (tertiary/aromatic N) is 3. The van der Waals surface area contributed by atoms with E-state index in [1.54, 1.807) is 6.20 Å². The molecular weight excluding hydrogens is 398 g/mol. The minimum absolute atomic E-state index is 0.122. The monoisotopic (exact) mass is 421 g/mol. The van der Waals surface area contributed by atoms with Crippen LogP contribution in [0.5, 0.6) is 0 Å². The highest BCUT2D eigenvalue weighted by Crippen LogP contribution is 2.38. The fraction of sp³-hybridized carbons (Fsp3) is 0.333. The Morgan fingerprint density at radius 1 is 1.13 bits per heavy atom. The number of carbonyl (C=O) groups excluding carboxylic acids is 1. The zero-order valence-electron chi connectivity index (χ0n) is 17.0. The molecule has 0 aliphatic carbocycles. The number of hydrogen-bond acceptors (Lipinski definition) is 4. The Hall–Kier alpha value is -2.63. The highest BCUT2D eigenvalue weighted by atomic mass is 35.5. The fourth-order valence-corrected chi connectivity index (χ4v) is 4.79. The molecule has 2 aromatic carbocycles. The molecule has 6 heteroatoms. The number of anilines is 1. The minimum Gasteiger partial charge on any atom is -0.381 e. The van der Waals surface area contributed by atoms with E-state index in [9.17, 15) is 4.79 Å². The summed E-state index contributed by atoms with van der Waals surface area (Å²) in [5.41, 5.74) is 4.01. The van der Waals surface area contributed by atoms with Crippen LogP contribution in [0, 0.1) is 0 Å². The average molecular weight is 422 g/mol. The number of hydrogen-bond donors (Lipinski definition) is 0. The number of halogens is 1. The first-order valence-electron chi connectivity index (χ1n) is 10.4. The SMILES string of the molecule is CN1CN(C2CCOCC2)C(=O)c2cc(Cc3ccc(Cl)nc3)c3ccccc3c21. The lowest BCUT2D eigenvalue weighted by Gasteiger charge is -2.42. The van der Waals surface area contributed by atoms with Crippen molar-refractivity contribution < 1.29 is 9.53 Å². The van der Waals surface area contributed by atoms with E-state index in [-0.39, 0.29) is 11.9 Å². The Morgan fingerprint density at radius 2 is 1.90 bits per heavy atom. The Kier molecular flexibility index (Phi) is 5.09. The molecule has 0 radical (unpaired) electrons. The Bertz CT molecular complexity index is 1090. The van der Waals surface area contributed by atoms with Gasteiger partial charge in [-0.3, -0.25) is 4.79 Å². The molecule has 3 aromatic rings. The summed E-state index contributed by atoms with van der Waals surface area (Å²) >= 11 is 5.95. The summed E-state index contributed by atoms with van der Waals surface area (Å²) in [6.07, 6.45) is 4.29. The molecule has 1 saturated heterocycles. The quantitative estimate of drug-likeness (QED) is 0.584. The van der Waals surface area contributed by atoms with Gasteiger partial charge in [0, 0.05) is 37.9 Å². The van der Waals surface area contributed by atoms with Gasteiger partial charge in [0.05, 0.1) is 17.9 Å². The van der Waals surface area contributed by atoms with Crippen LogP contribution >= 0.6 is 11.6 Å². The Balaban J connectivity index is 1.60. The second kappa shape index (κ2) is 7.89. The second-order valence-corrected chi connectivity index (χ2v) is 8.49. The van der Waals surface area contributed by atoms with Crippen molar-refractivity contribution in [1.82, 2.24) is 9.88 Å². The fourth-order valence-electron chi connectivity index (χ4n) is 4.68. The molecule has 5 rings (SSSR count). The third-order valence-electron chi connectivity index (χ3n) is 6.15. The molecule has 1 aromatic heterocycles. The van der Waals surface area contributed by atoms with E-state index in [4.69, 9.17) is 16.3 Å². The van der Waals surface area contributed by atoms with Crippen molar-refractivity contribution in [1.29, 1.82) is 0 Å². The summed E-state index contributed by atoms with van der Waals surface area (Å²) in [5.74, 6) is 0.122. The van der Waals surface area contributed by atoms with Gasteiger partial charge in [0.2, 0.25) is 0 Å². The first-order valence-corrected chi connectivity index (χ1v) is 10.7. The topological polar surface area (TPSA) is 45.7 Å². The van der Waals surface area contributed by atoms with Gasteiger partial charge in [0.25, 0.3) is 5.91 Å². The highest BCUT2D eigenvalue weighted by molar-refractivity contribution is 6.29. The van der Waals surface area contributed by atoms with Crippen molar-refractivity contribution in [2.45, 2.75) is 25.3 Å². The summed E-state index contributed by atoms with van der Waals surface area (Å²) in [5, 5.41) is 2.78. The second-order valence-electron chi connectivity index (χ2n) is 8.10. The van der Waals surface area contributed by atoms with Gasteiger partial charge in [0.15, 0.2) is 0 Å². The summed E-state index contributed by atoms with van der Waals surface area (Å²) in [6.45, 7) is 2.05. The lowest BCUT2D eigenvalue weighted by Crippen LogP contribution is -2.51. The molecule has 1 amide bonds. The van der Waals surface area contributed by atoms with Crippen molar-refractivity contribution in [2.24, 2.45) is 0 Å². The molecule has 30 heavy (non-hydrogen) atoms. The molecule has 0 unspecified atom stereocenters. The molecule has 0 bridgehead atoms. The number of aromatic nitrogens is 1. The molecule has 1 fully saturated rings.